The second-order valence-corrected chi connectivity index (χ2v) is 5.18. The minimum absolute atomic E-state index is 0.139. The van der Waals surface area contributed by atoms with Crippen molar-refractivity contribution in [1.82, 2.24) is 0 Å². The van der Waals surface area contributed by atoms with Gasteiger partial charge in [-0.05, 0) is 16.8 Å². The Kier molecular flexibility index (Phi) is 2.32. The highest BCUT2D eigenvalue weighted by molar-refractivity contribution is 6.06. The molecule has 2 aromatic carbocycles. The first-order valence-corrected chi connectivity index (χ1v) is 6.80. The van der Waals surface area contributed by atoms with E-state index in [0.29, 0.717) is 0 Å². The van der Waals surface area contributed by atoms with E-state index in [1.165, 1.54) is 27.2 Å². The van der Waals surface area contributed by atoms with Crippen LogP contribution in [0.1, 0.15) is 18.8 Å². The van der Waals surface area contributed by atoms with Gasteiger partial charge in [0, 0.05) is 23.8 Å². The summed E-state index contributed by atoms with van der Waals surface area (Å²) in [7, 11) is 0. The minimum atomic E-state index is 0.139. The molecule has 0 aliphatic carbocycles. The van der Waals surface area contributed by atoms with Crippen LogP contribution in [0.3, 0.4) is 0 Å². The lowest BCUT2D eigenvalue weighted by atomic mass is 10.0. The highest BCUT2D eigenvalue weighted by atomic mass is 16.5. The van der Waals surface area contributed by atoms with E-state index in [1.807, 2.05) is 0 Å². The molecule has 3 aromatic rings. The van der Waals surface area contributed by atoms with Gasteiger partial charge in [0.1, 0.15) is 0 Å². The molecule has 4 rings (SSSR count). The van der Waals surface area contributed by atoms with Gasteiger partial charge in [0.05, 0.1) is 13.0 Å². The quantitative estimate of drug-likeness (QED) is 0.440. The summed E-state index contributed by atoms with van der Waals surface area (Å²) in [6.07, 6.45) is 3.35. The Morgan fingerprint density at radius 2 is 1.89 bits per heavy atom. The predicted octanol–water partition coefficient (Wildman–Crippen LogP) is 3.37. The van der Waals surface area contributed by atoms with E-state index >= 15 is 0 Å². The number of fused-ring (bicyclic) bond motifs is 4. The second kappa shape index (κ2) is 4.04. The van der Waals surface area contributed by atoms with Crippen molar-refractivity contribution in [3.05, 3.63) is 54.4 Å². The van der Waals surface area contributed by atoms with Gasteiger partial charge in [-0.15, -0.1) is 0 Å². The SMILES string of the molecule is C[C@@H]1OCCc2cc3c(ccc4ccccc43)c[n+]21. The molecule has 0 amide bonds. The average molecular weight is 250 g/mol. The van der Waals surface area contributed by atoms with Crippen molar-refractivity contribution in [3.8, 4) is 0 Å². The van der Waals surface area contributed by atoms with Gasteiger partial charge in [-0.25, -0.2) is 0 Å². The molecule has 0 unspecified atom stereocenters. The summed E-state index contributed by atoms with van der Waals surface area (Å²) in [5.74, 6) is 0. The van der Waals surface area contributed by atoms with Crippen LogP contribution >= 0.6 is 0 Å². The Hall–Kier alpha value is -1.93. The number of nitrogens with zero attached hydrogens (tertiary/aromatic N) is 1. The minimum Gasteiger partial charge on any atom is -0.321 e. The topological polar surface area (TPSA) is 13.1 Å². The molecule has 0 N–H and O–H groups in total. The molecule has 2 nitrogen and oxygen atoms in total. The van der Waals surface area contributed by atoms with E-state index in [0.717, 1.165) is 13.0 Å². The highest BCUT2D eigenvalue weighted by Gasteiger charge is 2.24. The maximum absolute atomic E-state index is 5.70. The van der Waals surface area contributed by atoms with Crippen LogP contribution in [-0.4, -0.2) is 6.61 Å². The fourth-order valence-electron chi connectivity index (χ4n) is 3.01. The number of rotatable bonds is 0. The van der Waals surface area contributed by atoms with Crippen molar-refractivity contribution in [2.24, 2.45) is 0 Å². The van der Waals surface area contributed by atoms with Gasteiger partial charge in [0.2, 0.25) is 0 Å². The molecule has 0 spiro atoms. The van der Waals surface area contributed by atoms with Gasteiger partial charge in [0.25, 0.3) is 6.23 Å². The molecule has 2 heteroatoms. The van der Waals surface area contributed by atoms with Crippen molar-refractivity contribution >= 4 is 21.5 Å². The molecule has 0 bridgehead atoms. The lowest BCUT2D eigenvalue weighted by Gasteiger charge is -2.17. The summed E-state index contributed by atoms with van der Waals surface area (Å²) >= 11 is 0. The Morgan fingerprint density at radius 1 is 1.05 bits per heavy atom. The number of pyridine rings is 1. The van der Waals surface area contributed by atoms with Crippen molar-refractivity contribution in [3.63, 3.8) is 0 Å². The van der Waals surface area contributed by atoms with Crippen molar-refractivity contribution in [2.45, 2.75) is 19.6 Å². The molecule has 0 fully saturated rings. The van der Waals surface area contributed by atoms with Crippen LogP contribution in [0.2, 0.25) is 0 Å². The maximum Gasteiger partial charge on any atom is 0.259 e. The molecule has 19 heavy (non-hydrogen) atoms. The number of hydrogen-bond acceptors (Lipinski definition) is 1. The first-order valence-electron chi connectivity index (χ1n) is 6.80. The molecule has 1 atom stereocenters. The molecule has 1 aliphatic heterocycles. The van der Waals surface area contributed by atoms with Crippen molar-refractivity contribution in [2.75, 3.05) is 6.61 Å². The lowest BCUT2D eigenvalue weighted by molar-refractivity contribution is -0.771. The third-order valence-corrected chi connectivity index (χ3v) is 4.03. The van der Waals surface area contributed by atoms with E-state index in [-0.39, 0.29) is 6.23 Å². The molecule has 1 aromatic heterocycles. The van der Waals surface area contributed by atoms with Crippen LogP contribution < -0.4 is 4.57 Å². The number of benzene rings is 2. The fraction of sp³-hybridized carbons (Fsp3) is 0.235. The first kappa shape index (κ1) is 10.9. The summed E-state index contributed by atoms with van der Waals surface area (Å²) < 4.78 is 7.95. The third-order valence-electron chi connectivity index (χ3n) is 4.03. The zero-order valence-electron chi connectivity index (χ0n) is 11.0. The zero-order chi connectivity index (χ0) is 12.8. The molecule has 94 valence electrons. The van der Waals surface area contributed by atoms with Crippen LogP contribution in [0.5, 0.6) is 0 Å². The van der Waals surface area contributed by atoms with Gasteiger partial charge in [0.15, 0.2) is 11.9 Å². The molecule has 0 saturated carbocycles. The van der Waals surface area contributed by atoms with E-state index < -0.39 is 0 Å². The Morgan fingerprint density at radius 3 is 2.84 bits per heavy atom. The van der Waals surface area contributed by atoms with Gasteiger partial charge in [-0.3, -0.25) is 0 Å². The van der Waals surface area contributed by atoms with Gasteiger partial charge in [-0.1, -0.05) is 30.3 Å². The fourth-order valence-corrected chi connectivity index (χ4v) is 3.01. The number of hydrogen-bond donors (Lipinski definition) is 0. The van der Waals surface area contributed by atoms with Crippen LogP contribution in [0.4, 0.5) is 0 Å². The van der Waals surface area contributed by atoms with Crippen LogP contribution in [0, 0.1) is 0 Å². The Labute approximate surface area is 112 Å². The maximum atomic E-state index is 5.70. The molecular weight excluding hydrogens is 234 g/mol. The Bertz CT molecular complexity index is 779. The van der Waals surface area contributed by atoms with Crippen LogP contribution in [0.15, 0.2) is 48.7 Å². The van der Waals surface area contributed by atoms with Crippen LogP contribution in [0.25, 0.3) is 21.5 Å². The molecule has 2 heterocycles. The highest BCUT2D eigenvalue weighted by Crippen LogP contribution is 2.26. The smallest absolute Gasteiger partial charge is 0.259 e. The van der Waals surface area contributed by atoms with Gasteiger partial charge < -0.3 is 4.74 Å². The average Bonchev–Trinajstić information content (AvgIpc) is 2.46. The third kappa shape index (κ3) is 1.64. The first-order chi connectivity index (χ1) is 9.33. The van der Waals surface area contributed by atoms with Crippen LogP contribution in [-0.2, 0) is 11.2 Å². The second-order valence-electron chi connectivity index (χ2n) is 5.18. The van der Waals surface area contributed by atoms with E-state index in [4.69, 9.17) is 4.74 Å². The largest absolute Gasteiger partial charge is 0.321 e. The molecular formula is C17H16NO+. The molecule has 0 saturated heterocycles. The molecule has 1 aliphatic rings. The number of aromatic nitrogens is 1. The van der Waals surface area contributed by atoms with Crippen molar-refractivity contribution in [1.29, 1.82) is 0 Å². The van der Waals surface area contributed by atoms with Gasteiger partial charge >= 0.3 is 0 Å². The lowest BCUT2D eigenvalue weighted by Crippen LogP contribution is -2.47. The zero-order valence-corrected chi connectivity index (χ0v) is 11.0. The predicted molar refractivity (Wildman–Crippen MR) is 76.0 cm³/mol. The van der Waals surface area contributed by atoms with Crippen molar-refractivity contribution < 1.29 is 9.30 Å². The summed E-state index contributed by atoms with van der Waals surface area (Å²) in [5.41, 5.74) is 1.36. The summed E-state index contributed by atoms with van der Waals surface area (Å²) in [4.78, 5) is 0. The van der Waals surface area contributed by atoms with E-state index in [2.05, 4.69) is 60.2 Å². The summed E-state index contributed by atoms with van der Waals surface area (Å²) in [6.45, 7) is 2.92. The number of ether oxygens (including phenoxy) is 1. The van der Waals surface area contributed by atoms with Gasteiger partial charge in [-0.2, -0.15) is 4.57 Å². The Balaban J connectivity index is 2.10. The monoisotopic (exact) mass is 250 g/mol. The summed E-state index contributed by atoms with van der Waals surface area (Å²) in [6, 6.07) is 15.3. The normalized spacial score (nSPS) is 18.7. The molecule has 0 radical (unpaired) electrons. The van der Waals surface area contributed by atoms with E-state index in [1.54, 1.807) is 0 Å². The standard InChI is InChI=1S/C17H16NO/c1-12-18-11-14-7-6-13-4-2-3-5-16(13)17(14)10-15(18)8-9-19-12/h2-7,10-12H,8-9H2,1H3/q+1/t12-/m0/s1. The van der Waals surface area contributed by atoms with E-state index in [9.17, 15) is 0 Å². The summed E-state index contributed by atoms with van der Waals surface area (Å²) in [5, 5.41) is 5.26.